The van der Waals surface area contributed by atoms with Crippen LogP contribution >= 0.6 is 0 Å². The Morgan fingerprint density at radius 1 is 0.378 bits per heavy atom. The zero-order valence-electron chi connectivity index (χ0n) is 49.2. The molecule has 2 heterocycles. The number of ether oxygens (including phenoxy) is 4. The zero-order chi connectivity index (χ0) is 57.1. The Bertz CT molecular complexity index is 3050. The fourth-order valence-corrected chi connectivity index (χ4v) is 10.7. The van der Waals surface area contributed by atoms with Gasteiger partial charge in [-0.15, -0.1) is 0 Å². The summed E-state index contributed by atoms with van der Waals surface area (Å²) < 4.78 is 28.0. The van der Waals surface area contributed by atoms with Crippen LogP contribution in [0.4, 0.5) is 11.6 Å². The third-order valence-electron chi connectivity index (χ3n) is 15.1. The van der Waals surface area contributed by atoms with Crippen LogP contribution in [0.1, 0.15) is 167 Å². The number of aromatic nitrogens is 2. The third kappa shape index (κ3) is 18.1. The number of anilines is 2. The van der Waals surface area contributed by atoms with Crippen molar-refractivity contribution in [1.82, 2.24) is 9.97 Å². The van der Waals surface area contributed by atoms with E-state index >= 15 is 0 Å². The average Bonchev–Trinajstić information content (AvgIpc) is 2.37. The maximum Gasteiger partial charge on any atom is 0.222 e. The Hall–Kier alpha value is -7.72. The normalized spacial score (nSPS) is 11.2. The average molecular weight is 1100 g/mol. The van der Waals surface area contributed by atoms with Crippen molar-refractivity contribution < 1.29 is 28.5 Å². The van der Waals surface area contributed by atoms with Crippen LogP contribution in [-0.4, -0.2) is 35.0 Å². The first-order chi connectivity index (χ1) is 40.3. The molecule has 82 heavy (non-hydrogen) atoms. The van der Waals surface area contributed by atoms with E-state index in [1.54, 1.807) is 12.1 Å². The number of nitrogens with one attached hydrogen (secondary N) is 2. The summed E-state index contributed by atoms with van der Waals surface area (Å²) >= 11 is 0. The summed E-state index contributed by atoms with van der Waals surface area (Å²) in [6.45, 7) is 9.26. The molecule has 0 radical (unpaired) electrons. The maximum atomic E-state index is 12.3. The zero-order valence-corrected chi connectivity index (χ0v) is 49.2. The lowest BCUT2D eigenvalue weighted by Gasteiger charge is -2.22. The molecule has 2 amide bonds. The summed E-state index contributed by atoms with van der Waals surface area (Å²) in [4.78, 5) is 34.5. The lowest BCUT2D eigenvalue weighted by molar-refractivity contribution is -0.115. The molecule has 0 aliphatic rings. The fourth-order valence-electron chi connectivity index (χ4n) is 10.7. The van der Waals surface area contributed by atoms with Crippen LogP contribution in [-0.2, 0) is 22.8 Å². The number of pyridine rings is 2. The topological polar surface area (TPSA) is 121 Å². The lowest BCUT2D eigenvalue weighted by Crippen LogP contribution is -2.07. The number of amides is 2. The van der Waals surface area contributed by atoms with Gasteiger partial charge >= 0.3 is 0 Å². The van der Waals surface area contributed by atoms with Crippen LogP contribution in [0.25, 0.3) is 55.2 Å². The van der Waals surface area contributed by atoms with Crippen LogP contribution in [0, 0.1) is 0 Å². The van der Waals surface area contributed by atoms with Gasteiger partial charge in [-0.25, -0.2) is 9.97 Å². The molecule has 430 valence electrons. The molecule has 0 unspecified atom stereocenters. The molecule has 0 spiro atoms. The molecule has 2 aromatic heterocycles. The summed E-state index contributed by atoms with van der Waals surface area (Å²) in [5.74, 6) is 3.26. The molecule has 0 atom stereocenters. The van der Waals surface area contributed by atoms with Crippen LogP contribution in [0.15, 0.2) is 146 Å². The minimum absolute atomic E-state index is 0.199. The number of hydrogen-bond acceptors (Lipinski definition) is 8. The van der Waals surface area contributed by atoms with Gasteiger partial charge in [0.2, 0.25) is 11.8 Å². The van der Waals surface area contributed by atoms with Crippen LogP contribution in [0.2, 0.25) is 0 Å². The van der Waals surface area contributed by atoms with E-state index in [1.165, 1.54) is 117 Å². The standard InChI is InChI=1S/C72H86N4O6/c1-5-7-9-11-13-15-17-19-21-29-45-79-65-43-41-57-47-61(63-37-31-39-69(75-63)73-53(3)77)67(81-51-55-33-25-23-26-34-55)49-59(57)71(65)72-60-50-68(82-52-56-35-27-24-28-36-56)62(64-38-32-40-70(76-64)74-54(4)78)48-58(60)42-44-66(72)80-46-30-22-20-18-16-14-12-10-8-6-2/h23-28,31-44,47-50H,5-22,29-30,45-46,51-52H2,1-4H3,(H,73,75,77)(H,74,76,78). The molecular weight excluding hydrogens is 1020 g/mol. The lowest BCUT2D eigenvalue weighted by atomic mass is 9.90. The highest BCUT2D eigenvalue weighted by molar-refractivity contribution is 6.12. The van der Waals surface area contributed by atoms with E-state index in [0.717, 1.165) is 92.1 Å². The van der Waals surface area contributed by atoms with Gasteiger partial charge in [0.05, 0.1) is 24.6 Å². The largest absolute Gasteiger partial charge is 0.493 e. The highest BCUT2D eigenvalue weighted by atomic mass is 16.5. The van der Waals surface area contributed by atoms with Crippen molar-refractivity contribution in [2.24, 2.45) is 0 Å². The molecule has 8 rings (SSSR count). The van der Waals surface area contributed by atoms with Crippen molar-refractivity contribution >= 4 is 45.0 Å². The van der Waals surface area contributed by atoms with Gasteiger partial charge in [-0.3, -0.25) is 9.59 Å². The number of benzene rings is 6. The molecule has 10 heteroatoms. The summed E-state index contributed by atoms with van der Waals surface area (Å²) in [7, 11) is 0. The van der Waals surface area contributed by atoms with Crippen molar-refractivity contribution in [3.05, 3.63) is 157 Å². The summed E-state index contributed by atoms with van der Waals surface area (Å²) in [6.07, 6.45) is 24.6. The van der Waals surface area contributed by atoms with Crippen molar-refractivity contribution in [3.8, 4) is 56.6 Å². The fraction of sp³-hybridized carbons (Fsp3) is 0.389. The van der Waals surface area contributed by atoms with Crippen molar-refractivity contribution in [1.29, 1.82) is 0 Å². The van der Waals surface area contributed by atoms with Gasteiger partial charge in [0.25, 0.3) is 0 Å². The van der Waals surface area contributed by atoms with E-state index in [1.807, 2.05) is 60.7 Å². The number of carbonyl (C=O) groups excluding carboxylic acids is 2. The molecule has 0 saturated carbocycles. The van der Waals surface area contributed by atoms with Crippen LogP contribution in [0.3, 0.4) is 0 Å². The van der Waals surface area contributed by atoms with Crippen LogP contribution in [0.5, 0.6) is 23.0 Å². The highest BCUT2D eigenvalue weighted by Crippen LogP contribution is 2.50. The second-order valence-corrected chi connectivity index (χ2v) is 21.8. The number of carbonyl (C=O) groups is 2. The summed E-state index contributed by atoms with van der Waals surface area (Å²) in [6, 6.07) is 48.6. The first-order valence-electron chi connectivity index (χ1n) is 30.6. The molecule has 6 aromatic carbocycles. The first kappa shape index (κ1) is 60.4. The van der Waals surface area contributed by atoms with Gasteiger partial charge in [0.1, 0.15) is 47.8 Å². The number of fused-ring (bicyclic) bond motifs is 2. The van der Waals surface area contributed by atoms with Gasteiger partial charge in [-0.1, -0.05) is 214 Å². The first-order valence-corrected chi connectivity index (χ1v) is 30.6. The molecule has 0 saturated heterocycles. The predicted octanol–water partition coefficient (Wildman–Crippen LogP) is 19.5. The molecule has 2 N–H and O–H groups in total. The number of nitrogens with zero attached hydrogens (tertiary/aromatic N) is 2. The molecule has 10 nitrogen and oxygen atoms in total. The van der Waals surface area contributed by atoms with Gasteiger partial charge in [0, 0.05) is 36.1 Å². The Balaban J connectivity index is 1.27. The van der Waals surface area contributed by atoms with Crippen molar-refractivity contribution in [2.75, 3.05) is 23.8 Å². The van der Waals surface area contributed by atoms with Crippen molar-refractivity contribution in [2.45, 2.75) is 169 Å². The van der Waals surface area contributed by atoms with Gasteiger partial charge < -0.3 is 29.6 Å². The summed E-state index contributed by atoms with van der Waals surface area (Å²) in [5.41, 5.74) is 6.71. The van der Waals surface area contributed by atoms with E-state index in [4.69, 9.17) is 28.9 Å². The van der Waals surface area contributed by atoms with Gasteiger partial charge in [0.15, 0.2) is 0 Å². The maximum absolute atomic E-state index is 12.3. The third-order valence-corrected chi connectivity index (χ3v) is 15.1. The Morgan fingerprint density at radius 3 is 1.11 bits per heavy atom. The second-order valence-electron chi connectivity index (χ2n) is 21.8. The molecule has 8 aromatic rings. The van der Waals surface area contributed by atoms with E-state index < -0.39 is 0 Å². The van der Waals surface area contributed by atoms with Gasteiger partial charge in [-0.2, -0.15) is 0 Å². The minimum atomic E-state index is -0.199. The van der Waals surface area contributed by atoms with E-state index in [-0.39, 0.29) is 11.8 Å². The van der Waals surface area contributed by atoms with Crippen LogP contribution < -0.4 is 29.6 Å². The SMILES string of the molecule is CCCCCCCCCCCCOc1ccc2cc(-c3cccc(NC(C)=O)n3)c(OCc3ccccc3)cc2c1-c1c(OCCCCCCCCCCCC)ccc2cc(-c3cccc(NC(C)=O)n3)c(OCc3ccccc3)cc12. The number of hydrogen-bond donors (Lipinski definition) is 2. The highest BCUT2D eigenvalue weighted by Gasteiger charge is 2.24. The van der Waals surface area contributed by atoms with E-state index in [0.29, 0.717) is 61.0 Å². The minimum Gasteiger partial charge on any atom is -0.493 e. The van der Waals surface area contributed by atoms with Crippen molar-refractivity contribution in [3.63, 3.8) is 0 Å². The molecular formula is C72H86N4O6. The smallest absolute Gasteiger partial charge is 0.222 e. The molecule has 0 bridgehead atoms. The summed E-state index contributed by atoms with van der Waals surface area (Å²) in [5, 5.41) is 9.48. The molecule has 0 aliphatic heterocycles. The Morgan fingerprint density at radius 2 is 0.744 bits per heavy atom. The Labute approximate surface area is 487 Å². The second kappa shape index (κ2) is 32.7. The molecule has 0 fully saturated rings. The molecule has 0 aliphatic carbocycles. The monoisotopic (exact) mass is 1100 g/mol. The number of unbranched alkanes of at least 4 members (excludes halogenated alkanes) is 18. The number of rotatable bonds is 35. The van der Waals surface area contributed by atoms with E-state index in [2.05, 4.69) is 97.3 Å². The Kier molecular flexibility index (Phi) is 24.0. The predicted molar refractivity (Wildman–Crippen MR) is 338 cm³/mol. The quantitative estimate of drug-likeness (QED) is 0.0377. The van der Waals surface area contributed by atoms with Gasteiger partial charge in [-0.05, 0) is 106 Å². The van der Waals surface area contributed by atoms with E-state index in [9.17, 15) is 9.59 Å².